The van der Waals surface area contributed by atoms with Gasteiger partial charge in [-0.2, -0.15) is 9.78 Å². The first-order valence-corrected chi connectivity index (χ1v) is 10.1. The number of hydrogen-bond acceptors (Lipinski definition) is 9. The van der Waals surface area contributed by atoms with Crippen molar-refractivity contribution < 1.29 is 14.2 Å². The third-order valence-corrected chi connectivity index (χ3v) is 4.87. The zero-order valence-electron chi connectivity index (χ0n) is 16.8. The number of para-hydroxylation sites is 1. The maximum Gasteiger partial charge on any atom is 0.292 e. The molecule has 2 aromatic heterocycles. The Morgan fingerprint density at radius 1 is 1.25 bits per heavy atom. The molecule has 4 aromatic rings. The summed E-state index contributed by atoms with van der Waals surface area (Å²) < 4.78 is 12.6. The Bertz CT molecular complexity index is 1270. The topological polar surface area (TPSA) is 146 Å². The SMILES string of the molecule is Cc1nnn(-c2nonc2N)c1C(=O)NN=Cc1ccccc1OCc1ccc(Br)cc1. The van der Waals surface area contributed by atoms with Crippen molar-refractivity contribution in [3.8, 4) is 11.6 Å². The highest BCUT2D eigenvalue weighted by Crippen LogP contribution is 2.19. The lowest BCUT2D eigenvalue weighted by Gasteiger charge is -2.09. The van der Waals surface area contributed by atoms with Gasteiger partial charge in [-0.3, -0.25) is 4.79 Å². The third-order valence-electron chi connectivity index (χ3n) is 4.35. The fourth-order valence-electron chi connectivity index (χ4n) is 2.78. The summed E-state index contributed by atoms with van der Waals surface area (Å²) in [4.78, 5) is 12.7. The molecule has 0 fully saturated rings. The summed E-state index contributed by atoms with van der Waals surface area (Å²) in [5.41, 5.74) is 10.3. The lowest BCUT2D eigenvalue weighted by Crippen LogP contribution is -2.22. The highest BCUT2D eigenvalue weighted by atomic mass is 79.9. The van der Waals surface area contributed by atoms with Gasteiger partial charge in [-0.1, -0.05) is 45.4 Å². The average molecular weight is 497 g/mol. The Kier molecular flexibility index (Phi) is 6.22. The molecule has 0 atom stereocenters. The fourth-order valence-corrected chi connectivity index (χ4v) is 3.04. The molecule has 2 heterocycles. The van der Waals surface area contributed by atoms with Gasteiger partial charge in [0, 0.05) is 10.0 Å². The molecular weight excluding hydrogens is 480 g/mol. The molecule has 0 unspecified atom stereocenters. The number of amides is 1. The number of nitrogen functional groups attached to an aromatic ring is 1. The van der Waals surface area contributed by atoms with Crippen LogP contribution < -0.4 is 15.9 Å². The second-order valence-electron chi connectivity index (χ2n) is 6.56. The monoisotopic (exact) mass is 496 g/mol. The maximum atomic E-state index is 12.7. The summed E-state index contributed by atoms with van der Waals surface area (Å²) in [7, 11) is 0. The summed E-state index contributed by atoms with van der Waals surface area (Å²) in [6.07, 6.45) is 1.49. The van der Waals surface area contributed by atoms with E-state index < -0.39 is 5.91 Å². The quantitative estimate of drug-likeness (QED) is 0.293. The van der Waals surface area contributed by atoms with Gasteiger partial charge in [0.25, 0.3) is 5.91 Å². The number of nitrogens with two attached hydrogens (primary N) is 1. The van der Waals surface area contributed by atoms with Gasteiger partial charge in [0.2, 0.25) is 11.6 Å². The molecule has 3 N–H and O–H groups in total. The van der Waals surface area contributed by atoms with Gasteiger partial charge >= 0.3 is 0 Å². The van der Waals surface area contributed by atoms with Gasteiger partial charge in [0.05, 0.1) is 11.9 Å². The Hall–Kier alpha value is -4.06. The number of halogens is 1. The van der Waals surface area contributed by atoms with Crippen LogP contribution in [0.5, 0.6) is 5.75 Å². The van der Waals surface area contributed by atoms with Crippen LogP contribution in [0.4, 0.5) is 5.82 Å². The Morgan fingerprint density at radius 2 is 2.03 bits per heavy atom. The van der Waals surface area contributed by atoms with Crippen molar-refractivity contribution in [1.82, 2.24) is 30.7 Å². The molecule has 32 heavy (non-hydrogen) atoms. The minimum absolute atomic E-state index is 0.0238. The standard InChI is InChI=1S/C20H17BrN8O3/c1-12-17(29(28-24-12)19-18(22)26-32-27-19)20(30)25-23-10-14-4-2-3-5-16(14)31-11-13-6-8-15(21)9-7-13/h2-10H,11H2,1H3,(H2,22,26)(H,25,30). The summed E-state index contributed by atoms with van der Waals surface area (Å²) in [6.45, 7) is 2.01. The number of carbonyl (C=O) groups excluding carboxylic acids is 1. The van der Waals surface area contributed by atoms with Crippen LogP contribution in [-0.2, 0) is 6.61 Å². The Morgan fingerprint density at radius 3 is 2.78 bits per heavy atom. The number of nitrogens with zero attached hydrogens (tertiary/aromatic N) is 6. The van der Waals surface area contributed by atoms with Crippen molar-refractivity contribution >= 4 is 33.9 Å². The van der Waals surface area contributed by atoms with E-state index >= 15 is 0 Å². The second-order valence-corrected chi connectivity index (χ2v) is 7.48. The first-order chi connectivity index (χ1) is 15.5. The van der Waals surface area contributed by atoms with E-state index in [-0.39, 0.29) is 17.3 Å². The molecule has 0 aliphatic carbocycles. The summed E-state index contributed by atoms with van der Waals surface area (Å²) in [5, 5.41) is 18.9. The lowest BCUT2D eigenvalue weighted by molar-refractivity contribution is 0.0946. The number of hydrazone groups is 1. The molecule has 11 nitrogen and oxygen atoms in total. The number of ether oxygens (including phenoxy) is 1. The number of hydrogen-bond donors (Lipinski definition) is 2. The molecule has 0 aliphatic heterocycles. The van der Waals surface area contributed by atoms with Crippen LogP contribution in [0.15, 0.2) is 62.7 Å². The smallest absolute Gasteiger partial charge is 0.292 e. The van der Waals surface area contributed by atoms with E-state index in [1.165, 1.54) is 6.21 Å². The van der Waals surface area contributed by atoms with Crippen molar-refractivity contribution in [3.63, 3.8) is 0 Å². The van der Waals surface area contributed by atoms with Crippen molar-refractivity contribution in [2.75, 3.05) is 5.73 Å². The lowest BCUT2D eigenvalue weighted by atomic mass is 10.2. The van der Waals surface area contributed by atoms with Gasteiger partial charge in [-0.15, -0.1) is 5.10 Å². The minimum Gasteiger partial charge on any atom is -0.488 e. The number of aryl methyl sites for hydroxylation is 1. The predicted octanol–water partition coefficient (Wildman–Crippen LogP) is 2.65. The van der Waals surface area contributed by atoms with Gasteiger partial charge in [0.15, 0.2) is 5.69 Å². The predicted molar refractivity (Wildman–Crippen MR) is 118 cm³/mol. The minimum atomic E-state index is -0.556. The van der Waals surface area contributed by atoms with Crippen LogP contribution in [0.1, 0.15) is 27.3 Å². The van der Waals surface area contributed by atoms with Crippen LogP contribution >= 0.6 is 15.9 Å². The number of benzene rings is 2. The molecule has 0 saturated carbocycles. The van der Waals surface area contributed by atoms with E-state index in [1.807, 2.05) is 48.5 Å². The van der Waals surface area contributed by atoms with E-state index in [0.29, 0.717) is 23.6 Å². The van der Waals surface area contributed by atoms with Crippen LogP contribution in [0, 0.1) is 6.92 Å². The number of anilines is 1. The molecule has 2 aromatic carbocycles. The Labute approximate surface area is 190 Å². The molecular formula is C20H17BrN8O3. The molecule has 0 radical (unpaired) electrons. The average Bonchev–Trinajstić information content (AvgIpc) is 3.39. The van der Waals surface area contributed by atoms with Crippen LogP contribution in [-0.4, -0.2) is 37.4 Å². The van der Waals surface area contributed by atoms with Gasteiger partial charge < -0.3 is 10.5 Å². The summed E-state index contributed by atoms with van der Waals surface area (Å²) in [5.74, 6) is 0.105. The van der Waals surface area contributed by atoms with Gasteiger partial charge in [-0.05, 0) is 47.1 Å². The normalized spacial score (nSPS) is 11.1. The zero-order valence-corrected chi connectivity index (χ0v) is 18.4. The van der Waals surface area contributed by atoms with Crippen LogP contribution in [0.3, 0.4) is 0 Å². The zero-order chi connectivity index (χ0) is 22.5. The van der Waals surface area contributed by atoms with Crippen molar-refractivity contribution in [2.45, 2.75) is 13.5 Å². The van der Waals surface area contributed by atoms with Crippen LogP contribution in [0.2, 0.25) is 0 Å². The Balaban J connectivity index is 1.46. The van der Waals surface area contributed by atoms with Crippen molar-refractivity contribution in [1.29, 1.82) is 0 Å². The molecule has 0 aliphatic rings. The highest BCUT2D eigenvalue weighted by Gasteiger charge is 2.22. The largest absolute Gasteiger partial charge is 0.488 e. The molecule has 0 bridgehead atoms. The van der Waals surface area contributed by atoms with Crippen molar-refractivity contribution in [3.05, 3.63) is 75.5 Å². The van der Waals surface area contributed by atoms with Crippen LogP contribution in [0.25, 0.3) is 5.82 Å². The van der Waals surface area contributed by atoms with E-state index in [0.717, 1.165) is 14.7 Å². The highest BCUT2D eigenvalue weighted by molar-refractivity contribution is 9.10. The van der Waals surface area contributed by atoms with E-state index in [9.17, 15) is 4.79 Å². The van der Waals surface area contributed by atoms with Gasteiger partial charge in [-0.25, -0.2) is 10.1 Å². The first kappa shape index (κ1) is 21.2. The van der Waals surface area contributed by atoms with Gasteiger partial charge in [0.1, 0.15) is 12.4 Å². The molecule has 0 saturated heterocycles. The van der Waals surface area contributed by atoms with Crippen molar-refractivity contribution in [2.24, 2.45) is 5.10 Å². The molecule has 12 heteroatoms. The van der Waals surface area contributed by atoms with E-state index in [1.54, 1.807) is 6.92 Å². The third kappa shape index (κ3) is 4.64. The maximum absolute atomic E-state index is 12.7. The first-order valence-electron chi connectivity index (χ1n) is 9.33. The summed E-state index contributed by atoms with van der Waals surface area (Å²) >= 11 is 3.41. The number of aromatic nitrogens is 5. The van der Waals surface area contributed by atoms with E-state index in [4.69, 9.17) is 10.5 Å². The molecule has 1 amide bonds. The summed E-state index contributed by atoms with van der Waals surface area (Å²) in [6, 6.07) is 15.2. The number of rotatable bonds is 7. The number of nitrogens with one attached hydrogen (secondary N) is 1. The van der Waals surface area contributed by atoms with E-state index in [2.05, 4.69) is 51.7 Å². The second kappa shape index (κ2) is 9.39. The molecule has 162 valence electrons. The number of carbonyl (C=O) groups is 1. The molecule has 4 rings (SSSR count). The molecule has 0 spiro atoms. The fraction of sp³-hybridized carbons (Fsp3) is 0.100.